The van der Waals surface area contributed by atoms with E-state index in [0.29, 0.717) is 57.2 Å². The monoisotopic (exact) mass is 455 g/mol. The van der Waals surface area contributed by atoms with Crippen molar-refractivity contribution in [3.63, 3.8) is 0 Å². The number of nitrogens with zero attached hydrogens (tertiary/aromatic N) is 1. The Bertz CT molecular complexity index is 831. The van der Waals surface area contributed by atoms with Gasteiger partial charge in [0.1, 0.15) is 5.60 Å². The van der Waals surface area contributed by atoms with Crippen LogP contribution in [0.1, 0.15) is 87.8 Å². The van der Waals surface area contributed by atoms with Gasteiger partial charge in [0.15, 0.2) is 0 Å². The molecule has 1 aliphatic heterocycles. The first-order valence-corrected chi connectivity index (χ1v) is 11.3. The van der Waals surface area contributed by atoms with Crippen molar-refractivity contribution >= 4 is 12.1 Å². The summed E-state index contributed by atoms with van der Waals surface area (Å²) in [7, 11) is 0. The molecule has 178 valence electrons. The number of likely N-dealkylation sites (tertiary alicyclic amines) is 1. The van der Waals surface area contributed by atoms with Crippen molar-refractivity contribution in [1.82, 2.24) is 4.90 Å². The molecule has 0 aromatic heterocycles. The van der Waals surface area contributed by atoms with Gasteiger partial charge >= 0.3 is 18.2 Å². The van der Waals surface area contributed by atoms with E-state index in [4.69, 9.17) is 4.74 Å². The van der Waals surface area contributed by atoms with E-state index in [1.54, 1.807) is 11.0 Å². The van der Waals surface area contributed by atoms with Gasteiger partial charge < -0.3 is 14.7 Å². The summed E-state index contributed by atoms with van der Waals surface area (Å²) in [6.45, 7) is 6.42. The van der Waals surface area contributed by atoms with Gasteiger partial charge in [-0.25, -0.2) is 4.79 Å². The van der Waals surface area contributed by atoms with Crippen molar-refractivity contribution in [2.75, 3.05) is 13.1 Å². The lowest BCUT2D eigenvalue weighted by Crippen LogP contribution is -2.41. The summed E-state index contributed by atoms with van der Waals surface area (Å²) >= 11 is 0. The third kappa shape index (κ3) is 5.95. The second-order valence-corrected chi connectivity index (χ2v) is 9.97. The van der Waals surface area contributed by atoms with Crippen molar-refractivity contribution in [3.05, 3.63) is 34.9 Å². The van der Waals surface area contributed by atoms with Gasteiger partial charge in [-0.05, 0) is 94.4 Å². The van der Waals surface area contributed by atoms with Gasteiger partial charge in [-0.2, -0.15) is 13.2 Å². The van der Waals surface area contributed by atoms with E-state index in [9.17, 15) is 27.9 Å². The molecule has 1 heterocycles. The molecule has 1 aliphatic carbocycles. The lowest BCUT2D eigenvalue weighted by Gasteiger charge is -2.36. The normalized spacial score (nSPS) is 23.1. The van der Waals surface area contributed by atoms with Crippen LogP contribution in [0.15, 0.2) is 18.2 Å². The minimum atomic E-state index is -4.42. The predicted molar refractivity (Wildman–Crippen MR) is 114 cm³/mol. The van der Waals surface area contributed by atoms with Crippen molar-refractivity contribution in [2.45, 2.75) is 82.9 Å². The number of piperidine rings is 1. The summed E-state index contributed by atoms with van der Waals surface area (Å²) in [5.74, 6) is -1.27. The van der Waals surface area contributed by atoms with Gasteiger partial charge in [0, 0.05) is 13.1 Å². The minimum absolute atomic E-state index is 0.0585. The van der Waals surface area contributed by atoms with Gasteiger partial charge in [-0.1, -0.05) is 6.07 Å². The fourth-order valence-corrected chi connectivity index (χ4v) is 4.83. The second-order valence-electron chi connectivity index (χ2n) is 9.97. The first-order valence-electron chi connectivity index (χ1n) is 11.3. The number of benzene rings is 1. The summed E-state index contributed by atoms with van der Waals surface area (Å²) in [6.07, 6.45) is -1.38. The number of halogens is 3. The molecule has 1 amide bonds. The highest BCUT2D eigenvalue weighted by atomic mass is 19.4. The molecule has 32 heavy (non-hydrogen) atoms. The van der Waals surface area contributed by atoms with Crippen molar-refractivity contribution in [1.29, 1.82) is 0 Å². The van der Waals surface area contributed by atoms with Gasteiger partial charge in [-0.15, -0.1) is 0 Å². The second kappa shape index (κ2) is 9.32. The van der Waals surface area contributed by atoms with E-state index in [-0.39, 0.29) is 17.9 Å². The number of ether oxygens (including phenoxy) is 1. The Morgan fingerprint density at radius 3 is 2.00 bits per heavy atom. The standard InChI is InChI=1S/C24H32F3NO4/c1-23(2,3)32-22(31)28-12-10-16(11-13-28)19-9-8-18(24(25,26)27)14-20(19)15-4-6-17(7-5-15)21(29)30/h8-9,14-17H,4-7,10-13H2,1-3H3,(H,29,30)/t15-,17-. The predicted octanol–water partition coefficient (Wildman–Crippen LogP) is 6.18. The molecule has 2 aliphatic rings. The SMILES string of the molecule is CC(C)(C)OC(=O)N1CCC(c2ccc(C(F)(F)F)cc2[C@H]2CC[C@H](C(=O)O)CC2)CC1. The molecular weight excluding hydrogens is 423 g/mol. The Morgan fingerprint density at radius 1 is 0.938 bits per heavy atom. The zero-order valence-electron chi connectivity index (χ0n) is 18.9. The highest BCUT2D eigenvalue weighted by Crippen LogP contribution is 2.43. The summed E-state index contributed by atoms with van der Waals surface area (Å²) in [5, 5.41) is 9.25. The van der Waals surface area contributed by atoms with Crippen molar-refractivity contribution in [2.24, 2.45) is 5.92 Å². The molecule has 5 nitrogen and oxygen atoms in total. The molecule has 1 aromatic rings. The van der Waals surface area contributed by atoms with Gasteiger partial charge in [0.2, 0.25) is 0 Å². The fraction of sp³-hybridized carbons (Fsp3) is 0.667. The van der Waals surface area contributed by atoms with Crippen molar-refractivity contribution < 1.29 is 32.6 Å². The van der Waals surface area contributed by atoms with E-state index in [1.165, 1.54) is 6.07 Å². The smallest absolute Gasteiger partial charge is 0.416 e. The summed E-state index contributed by atoms with van der Waals surface area (Å²) in [4.78, 5) is 25.3. The van der Waals surface area contributed by atoms with Crippen LogP contribution >= 0.6 is 0 Å². The minimum Gasteiger partial charge on any atom is -0.481 e. The topological polar surface area (TPSA) is 66.8 Å². The van der Waals surface area contributed by atoms with E-state index < -0.39 is 29.2 Å². The molecule has 0 unspecified atom stereocenters. The van der Waals surface area contributed by atoms with Crippen LogP contribution in [-0.2, 0) is 15.7 Å². The third-order valence-corrected chi connectivity index (χ3v) is 6.52. The van der Waals surface area contributed by atoms with Gasteiger partial charge in [-0.3, -0.25) is 4.79 Å². The van der Waals surface area contributed by atoms with Crippen molar-refractivity contribution in [3.8, 4) is 0 Å². The molecule has 8 heteroatoms. The Labute approximate surface area is 186 Å². The average molecular weight is 456 g/mol. The summed E-state index contributed by atoms with van der Waals surface area (Å²) < 4.78 is 45.7. The van der Waals surface area contributed by atoms with Crippen LogP contribution in [0.25, 0.3) is 0 Å². The fourth-order valence-electron chi connectivity index (χ4n) is 4.83. The van der Waals surface area contributed by atoms with E-state index in [0.717, 1.165) is 11.6 Å². The van der Waals surface area contributed by atoms with Crippen LogP contribution in [0.3, 0.4) is 0 Å². The first-order chi connectivity index (χ1) is 14.8. The molecular formula is C24H32F3NO4. The van der Waals surface area contributed by atoms with Gasteiger partial charge in [0.05, 0.1) is 11.5 Å². The molecule has 0 bridgehead atoms. The Balaban J connectivity index is 1.78. The maximum absolute atomic E-state index is 13.4. The zero-order valence-corrected chi connectivity index (χ0v) is 18.9. The van der Waals surface area contributed by atoms with E-state index in [1.807, 2.05) is 20.8 Å². The lowest BCUT2D eigenvalue weighted by atomic mass is 9.74. The number of carboxylic acid groups (broad SMARTS) is 1. The molecule has 3 rings (SSSR count). The Kier molecular flexibility index (Phi) is 7.10. The van der Waals surface area contributed by atoms with Gasteiger partial charge in [0.25, 0.3) is 0 Å². The molecule has 0 atom stereocenters. The third-order valence-electron chi connectivity index (χ3n) is 6.52. The number of amides is 1. The number of carbonyl (C=O) groups is 2. The number of hydrogen-bond acceptors (Lipinski definition) is 3. The maximum Gasteiger partial charge on any atom is 0.416 e. The molecule has 0 radical (unpaired) electrons. The Morgan fingerprint density at radius 2 is 1.50 bits per heavy atom. The molecule has 1 N–H and O–H groups in total. The van der Waals surface area contributed by atoms with Crippen LogP contribution in [0.5, 0.6) is 0 Å². The number of aliphatic carboxylic acids is 1. The molecule has 0 spiro atoms. The van der Waals surface area contributed by atoms with Crippen LogP contribution < -0.4 is 0 Å². The molecule has 1 aromatic carbocycles. The molecule has 1 saturated carbocycles. The summed E-state index contributed by atoms with van der Waals surface area (Å²) in [6, 6.07) is 4.00. The average Bonchev–Trinajstić information content (AvgIpc) is 2.71. The van der Waals surface area contributed by atoms with E-state index in [2.05, 4.69) is 0 Å². The van der Waals surface area contributed by atoms with Crippen LogP contribution in [0, 0.1) is 5.92 Å². The highest BCUT2D eigenvalue weighted by Gasteiger charge is 2.35. The number of carboxylic acids is 1. The quantitative estimate of drug-likeness (QED) is 0.591. The van der Waals surface area contributed by atoms with Crippen LogP contribution in [0.4, 0.5) is 18.0 Å². The van der Waals surface area contributed by atoms with Crippen LogP contribution in [-0.4, -0.2) is 40.8 Å². The number of hydrogen-bond donors (Lipinski definition) is 1. The zero-order chi connectivity index (χ0) is 23.7. The maximum atomic E-state index is 13.4. The summed E-state index contributed by atoms with van der Waals surface area (Å²) in [5.41, 5.74) is 0.353. The van der Waals surface area contributed by atoms with Crippen LogP contribution in [0.2, 0.25) is 0 Å². The number of carbonyl (C=O) groups excluding carboxylic acids is 1. The largest absolute Gasteiger partial charge is 0.481 e. The molecule has 2 fully saturated rings. The first kappa shape index (κ1) is 24.4. The number of alkyl halides is 3. The molecule has 1 saturated heterocycles. The highest BCUT2D eigenvalue weighted by molar-refractivity contribution is 5.70. The Hall–Kier alpha value is -2.25. The van der Waals surface area contributed by atoms with E-state index >= 15 is 0 Å². The lowest BCUT2D eigenvalue weighted by molar-refractivity contribution is -0.142. The number of rotatable bonds is 3.